The number of amides is 1. The smallest absolute Gasteiger partial charge is 0.267 e. The summed E-state index contributed by atoms with van der Waals surface area (Å²) >= 11 is 0. The van der Waals surface area contributed by atoms with Crippen LogP contribution in [0.25, 0.3) is 10.9 Å². The van der Waals surface area contributed by atoms with E-state index in [2.05, 4.69) is 14.9 Å². The van der Waals surface area contributed by atoms with Gasteiger partial charge in [0.05, 0.1) is 17.4 Å². The number of hydrogen-bond acceptors (Lipinski definition) is 6. The van der Waals surface area contributed by atoms with Crippen LogP contribution >= 0.6 is 0 Å². The van der Waals surface area contributed by atoms with Crippen LogP contribution in [0.5, 0.6) is 11.5 Å². The molecule has 0 saturated carbocycles. The van der Waals surface area contributed by atoms with Gasteiger partial charge in [-0.1, -0.05) is 24.3 Å². The van der Waals surface area contributed by atoms with E-state index >= 15 is 0 Å². The number of aromatic nitrogens is 2. The van der Waals surface area contributed by atoms with E-state index in [4.69, 9.17) is 9.47 Å². The van der Waals surface area contributed by atoms with E-state index in [-0.39, 0.29) is 18.1 Å². The fourth-order valence-electron chi connectivity index (χ4n) is 3.89. The van der Waals surface area contributed by atoms with Crippen molar-refractivity contribution in [3.63, 3.8) is 0 Å². The number of para-hydroxylation sites is 3. The quantitative estimate of drug-likeness (QED) is 0.708. The number of hydrogen-bond donors (Lipinski definition) is 1. The average molecular weight is 406 g/mol. The summed E-state index contributed by atoms with van der Waals surface area (Å²) in [5.41, 5.74) is 0.568. The van der Waals surface area contributed by atoms with E-state index < -0.39 is 6.10 Å². The highest BCUT2D eigenvalue weighted by atomic mass is 16.6. The van der Waals surface area contributed by atoms with Crippen LogP contribution in [-0.2, 0) is 11.3 Å². The van der Waals surface area contributed by atoms with E-state index in [1.807, 2.05) is 47.4 Å². The van der Waals surface area contributed by atoms with E-state index in [0.29, 0.717) is 61.0 Å². The van der Waals surface area contributed by atoms with Crippen LogP contribution in [0.15, 0.2) is 53.3 Å². The molecule has 2 aliphatic heterocycles. The van der Waals surface area contributed by atoms with Gasteiger partial charge in [0.1, 0.15) is 12.4 Å². The molecule has 1 aromatic heterocycles. The predicted octanol–water partition coefficient (Wildman–Crippen LogP) is 1.41. The van der Waals surface area contributed by atoms with Gasteiger partial charge in [-0.05, 0) is 24.3 Å². The number of fused-ring (bicyclic) bond motifs is 2. The fraction of sp³-hybridized carbons (Fsp3) is 0.318. The number of piperazine rings is 1. The number of H-pyrrole nitrogens is 1. The van der Waals surface area contributed by atoms with Gasteiger partial charge in [-0.15, -0.1) is 0 Å². The van der Waals surface area contributed by atoms with Crippen LogP contribution in [0.3, 0.4) is 0 Å². The van der Waals surface area contributed by atoms with Crippen molar-refractivity contribution in [3.8, 4) is 11.5 Å². The van der Waals surface area contributed by atoms with E-state index in [1.165, 1.54) is 0 Å². The normalized spacial score (nSPS) is 19.1. The zero-order valence-corrected chi connectivity index (χ0v) is 16.4. The Morgan fingerprint density at radius 3 is 2.60 bits per heavy atom. The lowest BCUT2D eigenvalue weighted by Gasteiger charge is -2.36. The van der Waals surface area contributed by atoms with Crippen LogP contribution in [0, 0.1) is 0 Å². The highest BCUT2D eigenvalue weighted by Gasteiger charge is 2.32. The average Bonchev–Trinajstić information content (AvgIpc) is 2.79. The molecule has 1 atom stereocenters. The largest absolute Gasteiger partial charge is 0.485 e. The summed E-state index contributed by atoms with van der Waals surface area (Å²) in [6.07, 6.45) is -0.620. The van der Waals surface area contributed by atoms with Crippen molar-refractivity contribution < 1.29 is 14.3 Å². The minimum Gasteiger partial charge on any atom is -0.485 e. The molecule has 5 rings (SSSR count). The van der Waals surface area contributed by atoms with Gasteiger partial charge in [-0.2, -0.15) is 0 Å². The first-order valence-electron chi connectivity index (χ1n) is 10.0. The topological polar surface area (TPSA) is 87.8 Å². The van der Waals surface area contributed by atoms with Crippen LogP contribution in [0.2, 0.25) is 0 Å². The molecule has 2 aliphatic rings. The van der Waals surface area contributed by atoms with Crippen molar-refractivity contribution >= 4 is 16.8 Å². The van der Waals surface area contributed by atoms with Crippen molar-refractivity contribution in [2.24, 2.45) is 0 Å². The minimum atomic E-state index is -0.620. The van der Waals surface area contributed by atoms with Gasteiger partial charge >= 0.3 is 0 Å². The molecule has 0 aliphatic carbocycles. The lowest BCUT2D eigenvalue weighted by atomic mass is 10.2. The zero-order valence-electron chi connectivity index (χ0n) is 16.4. The maximum absolute atomic E-state index is 12.9. The summed E-state index contributed by atoms with van der Waals surface area (Å²) < 4.78 is 11.5. The SMILES string of the molecule is O=C(C1COc2ccccc2O1)N1CCN(Cc2nc3ccccc3c(=O)[nH]2)CC1. The van der Waals surface area contributed by atoms with Gasteiger partial charge in [0.15, 0.2) is 11.5 Å². The Balaban J connectivity index is 1.20. The Labute approximate surface area is 173 Å². The number of carbonyl (C=O) groups excluding carboxylic acids is 1. The first kappa shape index (κ1) is 18.6. The molecule has 0 radical (unpaired) electrons. The third-order valence-corrected chi connectivity index (χ3v) is 5.50. The molecule has 2 aromatic carbocycles. The Hall–Kier alpha value is -3.39. The zero-order chi connectivity index (χ0) is 20.5. The lowest BCUT2D eigenvalue weighted by molar-refractivity contribution is -0.143. The summed E-state index contributed by atoms with van der Waals surface area (Å²) in [5.74, 6) is 1.86. The van der Waals surface area contributed by atoms with Crippen molar-refractivity contribution in [1.82, 2.24) is 19.8 Å². The lowest BCUT2D eigenvalue weighted by Crippen LogP contribution is -2.53. The van der Waals surface area contributed by atoms with Gasteiger partial charge in [-0.25, -0.2) is 4.98 Å². The molecule has 1 fully saturated rings. The summed E-state index contributed by atoms with van der Waals surface area (Å²) in [7, 11) is 0. The van der Waals surface area contributed by atoms with Crippen LogP contribution in [-0.4, -0.2) is 64.6 Å². The third kappa shape index (κ3) is 3.61. The summed E-state index contributed by atoms with van der Waals surface area (Å²) in [4.78, 5) is 36.5. The Kier molecular flexibility index (Phi) is 4.84. The number of ether oxygens (including phenoxy) is 2. The van der Waals surface area contributed by atoms with Gasteiger partial charge in [0.2, 0.25) is 6.10 Å². The standard InChI is InChI=1S/C22H22N4O4/c27-21-15-5-1-2-6-16(15)23-20(24-21)13-25-9-11-26(12-10-25)22(28)19-14-29-17-7-3-4-8-18(17)30-19/h1-8,19H,9-14H2,(H,23,24,27). The molecule has 1 amide bonds. The highest BCUT2D eigenvalue weighted by molar-refractivity contribution is 5.82. The third-order valence-electron chi connectivity index (χ3n) is 5.50. The number of carbonyl (C=O) groups is 1. The van der Waals surface area contributed by atoms with Crippen molar-refractivity contribution in [2.75, 3.05) is 32.8 Å². The number of aromatic amines is 1. The molecule has 1 N–H and O–H groups in total. The van der Waals surface area contributed by atoms with E-state index in [1.54, 1.807) is 6.07 Å². The fourth-order valence-corrected chi connectivity index (χ4v) is 3.89. The molecule has 3 heterocycles. The molecule has 0 bridgehead atoms. The Morgan fingerprint density at radius 1 is 1.03 bits per heavy atom. The molecular formula is C22H22N4O4. The molecule has 1 unspecified atom stereocenters. The molecule has 8 heteroatoms. The van der Waals surface area contributed by atoms with Crippen molar-refractivity contribution in [1.29, 1.82) is 0 Å². The second kappa shape index (κ2) is 7.79. The highest BCUT2D eigenvalue weighted by Crippen LogP contribution is 2.31. The first-order valence-corrected chi connectivity index (χ1v) is 10.0. The van der Waals surface area contributed by atoms with Gasteiger partial charge in [-0.3, -0.25) is 14.5 Å². The Morgan fingerprint density at radius 2 is 1.77 bits per heavy atom. The van der Waals surface area contributed by atoms with E-state index in [0.717, 1.165) is 0 Å². The Bertz CT molecular complexity index is 1140. The summed E-state index contributed by atoms with van der Waals surface area (Å²) in [5, 5.41) is 0.591. The molecule has 3 aromatic rings. The van der Waals surface area contributed by atoms with Gasteiger partial charge in [0, 0.05) is 26.2 Å². The number of nitrogens with zero attached hydrogens (tertiary/aromatic N) is 3. The second-order valence-corrected chi connectivity index (χ2v) is 7.50. The number of benzene rings is 2. The molecular weight excluding hydrogens is 384 g/mol. The monoisotopic (exact) mass is 406 g/mol. The number of nitrogens with one attached hydrogen (secondary N) is 1. The maximum atomic E-state index is 12.9. The molecule has 154 valence electrons. The molecule has 0 spiro atoms. The number of rotatable bonds is 3. The van der Waals surface area contributed by atoms with Crippen molar-refractivity contribution in [3.05, 3.63) is 64.7 Å². The van der Waals surface area contributed by atoms with Crippen LogP contribution < -0.4 is 15.0 Å². The summed E-state index contributed by atoms with van der Waals surface area (Å²) in [6, 6.07) is 14.7. The van der Waals surface area contributed by atoms with Crippen molar-refractivity contribution in [2.45, 2.75) is 12.6 Å². The summed E-state index contributed by atoms with van der Waals surface area (Å²) in [6.45, 7) is 3.35. The predicted molar refractivity (Wildman–Crippen MR) is 111 cm³/mol. The van der Waals surface area contributed by atoms with Gasteiger partial charge < -0.3 is 19.4 Å². The van der Waals surface area contributed by atoms with Crippen LogP contribution in [0.1, 0.15) is 5.82 Å². The molecule has 8 nitrogen and oxygen atoms in total. The minimum absolute atomic E-state index is 0.0543. The van der Waals surface area contributed by atoms with E-state index in [9.17, 15) is 9.59 Å². The second-order valence-electron chi connectivity index (χ2n) is 7.50. The molecule has 30 heavy (non-hydrogen) atoms. The maximum Gasteiger partial charge on any atom is 0.267 e. The van der Waals surface area contributed by atoms with Crippen LogP contribution in [0.4, 0.5) is 0 Å². The van der Waals surface area contributed by atoms with Gasteiger partial charge in [0.25, 0.3) is 11.5 Å². The first-order chi connectivity index (χ1) is 14.7. The molecule has 1 saturated heterocycles.